The fourth-order valence-corrected chi connectivity index (χ4v) is 2.71. The lowest BCUT2D eigenvalue weighted by Gasteiger charge is -2.35. The van der Waals surface area contributed by atoms with E-state index < -0.39 is 0 Å². The summed E-state index contributed by atoms with van der Waals surface area (Å²) in [5.41, 5.74) is 2.86. The first-order valence-electron chi connectivity index (χ1n) is 7.14. The number of methoxy groups -OCH3 is 2. The molecule has 1 aromatic rings. The quantitative estimate of drug-likeness (QED) is 0.894. The maximum atomic E-state index is 5.40. The molecule has 1 aromatic carbocycles. The van der Waals surface area contributed by atoms with Crippen LogP contribution in [0.4, 0.5) is 0 Å². The Morgan fingerprint density at radius 3 is 2.30 bits per heavy atom. The highest BCUT2D eigenvalue weighted by molar-refractivity contribution is 5.48. The highest BCUT2D eigenvalue weighted by Crippen LogP contribution is 2.33. The number of fused-ring (bicyclic) bond motifs is 1. The summed E-state index contributed by atoms with van der Waals surface area (Å²) in [4.78, 5) is 2.49. The van der Waals surface area contributed by atoms with Gasteiger partial charge < -0.3 is 14.8 Å². The molecule has 1 heterocycles. The fraction of sp³-hybridized carbons (Fsp3) is 0.625. The number of hydrogen-bond acceptors (Lipinski definition) is 4. The number of rotatable bonds is 5. The lowest BCUT2D eigenvalue weighted by atomic mass is 9.96. The van der Waals surface area contributed by atoms with Crippen LogP contribution in [0.15, 0.2) is 12.1 Å². The molecule has 0 aromatic heterocycles. The van der Waals surface area contributed by atoms with Crippen LogP contribution < -0.4 is 14.8 Å². The first-order valence-corrected chi connectivity index (χ1v) is 7.14. The molecule has 0 saturated heterocycles. The maximum absolute atomic E-state index is 5.40. The Labute approximate surface area is 122 Å². The van der Waals surface area contributed by atoms with Crippen LogP contribution in [0.1, 0.15) is 25.0 Å². The van der Waals surface area contributed by atoms with E-state index >= 15 is 0 Å². The predicted octanol–water partition coefficient (Wildman–Crippen LogP) is 2.06. The van der Waals surface area contributed by atoms with Crippen LogP contribution in [-0.4, -0.2) is 44.8 Å². The smallest absolute Gasteiger partial charge is 0.161 e. The van der Waals surface area contributed by atoms with Crippen LogP contribution in [0, 0.1) is 0 Å². The van der Waals surface area contributed by atoms with Gasteiger partial charge >= 0.3 is 0 Å². The fourth-order valence-electron chi connectivity index (χ4n) is 2.71. The van der Waals surface area contributed by atoms with Crippen molar-refractivity contribution in [1.29, 1.82) is 0 Å². The molecule has 1 aliphatic heterocycles. The molecule has 0 spiro atoms. The first-order chi connectivity index (χ1) is 9.49. The van der Waals surface area contributed by atoms with Crippen molar-refractivity contribution in [3.05, 3.63) is 23.3 Å². The molecule has 0 unspecified atom stereocenters. The Kier molecular flexibility index (Phi) is 4.55. The van der Waals surface area contributed by atoms with Gasteiger partial charge in [-0.2, -0.15) is 0 Å². The summed E-state index contributed by atoms with van der Waals surface area (Å²) >= 11 is 0. The van der Waals surface area contributed by atoms with E-state index in [2.05, 4.69) is 36.2 Å². The zero-order chi connectivity index (χ0) is 14.8. The van der Waals surface area contributed by atoms with Gasteiger partial charge in [0.05, 0.1) is 14.2 Å². The average molecular weight is 278 g/mol. The molecule has 0 fully saturated rings. The van der Waals surface area contributed by atoms with E-state index in [4.69, 9.17) is 9.47 Å². The Hall–Kier alpha value is -1.26. The second-order valence-electron chi connectivity index (χ2n) is 6.07. The molecule has 0 atom stereocenters. The van der Waals surface area contributed by atoms with Crippen LogP contribution in [0.2, 0.25) is 0 Å². The maximum Gasteiger partial charge on any atom is 0.161 e. The molecule has 0 bridgehead atoms. The van der Waals surface area contributed by atoms with Gasteiger partial charge in [0, 0.05) is 25.2 Å². The van der Waals surface area contributed by atoms with Crippen molar-refractivity contribution in [2.75, 3.05) is 34.4 Å². The zero-order valence-corrected chi connectivity index (χ0v) is 13.2. The van der Waals surface area contributed by atoms with E-state index in [1.165, 1.54) is 11.1 Å². The first kappa shape index (κ1) is 15.1. The summed E-state index contributed by atoms with van der Waals surface area (Å²) in [6.07, 6.45) is 1.06. The van der Waals surface area contributed by atoms with E-state index in [0.717, 1.165) is 37.6 Å². The van der Waals surface area contributed by atoms with Gasteiger partial charge in [0.15, 0.2) is 11.5 Å². The lowest BCUT2D eigenvalue weighted by Crippen LogP contribution is -2.48. The van der Waals surface area contributed by atoms with Crippen LogP contribution in [-0.2, 0) is 13.0 Å². The molecule has 0 saturated carbocycles. The van der Waals surface area contributed by atoms with Crippen LogP contribution in [0.25, 0.3) is 0 Å². The molecule has 20 heavy (non-hydrogen) atoms. The monoisotopic (exact) mass is 278 g/mol. The molecule has 1 N–H and O–H groups in total. The Bertz CT molecular complexity index is 472. The predicted molar refractivity (Wildman–Crippen MR) is 81.7 cm³/mol. The molecule has 4 nitrogen and oxygen atoms in total. The Morgan fingerprint density at radius 1 is 1.15 bits per heavy atom. The number of hydrogen-bond donors (Lipinski definition) is 1. The zero-order valence-electron chi connectivity index (χ0n) is 13.2. The number of benzene rings is 1. The van der Waals surface area contributed by atoms with Gasteiger partial charge in [0.1, 0.15) is 0 Å². The Balaban J connectivity index is 2.17. The highest BCUT2D eigenvalue weighted by atomic mass is 16.5. The third kappa shape index (κ3) is 3.25. The standard InChI is InChI=1S/C16H26N2O2/c1-16(2,17-3)11-18-7-6-12-8-14(19-4)15(20-5)9-13(12)10-18/h8-9,17H,6-7,10-11H2,1-5H3. The molecule has 2 rings (SSSR count). The summed E-state index contributed by atoms with van der Waals surface area (Å²) in [5.74, 6) is 1.65. The SMILES string of the molecule is CNC(C)(C)CN1CCc2cc(OC)c(OC)cc2C1. The highest BCUT2D eigenvalue weighted by Gasteiger charge is 2.24. The molecular formula is C16H26N2O2. The summed E-state index contributed by atoms with van der Waals surface area (Å²) < 4.78 is 10.8. The minimum atomic E-state index is 0.133. The molecule has 1 aliphatic rings. The second-order valence-corrected chi connectivity index (χ2v) is 6.07. The van der Waals surface area contributed by atoms with Crippen molar-refractivity contribution < 1.29 is 9.47 Å². The van der Waals surface area contributed by atoms with Crippen molar-refractivity contribution in [3.8, 4) is 11.5 Å². The molecule has 0 radical (unpaired) electrons. The van der Waals surface area contributed by atoms with E-state index in [1.54, 1.807) is 14.2 Å². The molecule has 4 heteroatoms. The van der Waals surface area contributed by atoms with Crippen molar-refractivity contribution in [3.63, 3.8) is 0 Å². The van der Waals surface area contributed by atoms with Crippen LogP contribution in [0.5, 0.6) is 11.5 Å². The summed E-state index contributed by atoms with van der Waals surface area (Å²) in [6, 6.07) is 4.24. The van der Waals surface area contributed by atoms with Gasteiger partial charge in [0.25, 0.3) is 0 Å². The second kappa shape index (κ2) is 6.02. The van der Waals surface area contributed by atoms with E-state index in [9.17, 15) is 0 Å². The summed E-state index contributed by atoms with van der Waals surface area (Å²) in [5, 5.41) is 3.37. The van der Waals surface area contributed by atoms with Crippen LogP contribution >= 0.6 is 0 Å². The van der Waals surface area contributed by atoms with Crippen molar-refractivity contribution in [1.82, 2.24) is 10.2 Å². The average Bonchev–Trinajstić information content (AvgIpc) is 2.45. The van der Waals surface area contributed by atoms with Gasteiger partial charge in [-0.15, -0.1) is 0 Å². The normalized spacial score (nSPS) is 15.8. The minimum Gasteiger partial charge on any atom is -0.493 e. The number of nitrogens with zero attached hydrogens (tertiary/aromatic N) is 1. The molecule has 112 valence electrons. The van der Waals surface area contributed by atoms with Gasteiger partial charge in [-0.25, -0.2) is 0 Å². The van der Waals surface area contributed by atoms with Crippen LogP contribution in [0.3, 0.4) is 0 Å². The third-order valence-electron chi connectivity index (χ3n) is 4.09. The molecular weight excluding hydrogens is 252 g/mol. The minimum absolute atomic E-state index is 0.133. The molecule has 0 amide bonds. The topological polar surface area (TPSA) is 33.7 Å². The van der Waals surface area contributed by atoms with E-state index in [-0.39, 0.29) is 5.54 Å². The summed E-state index contributed by atoms with van der Waals surface area (Å²) in [7, 11) is 5.40. The number of ether oxygens (including phenoxy) is 2. The summed E-state index contributed by atoms with van der Waals surface area (Å²) in [6.45, 7) is 7.57. The van der Waals surface area contributed by atoms with Gasteiger partial charge in [-0.3, -0.25) is 4.90 Å². The van der Waals surface area contributed by atoms with Gasteiger partial charge in [-0.05, 0) is 50.6 Å². The number of likely N-dealkylation sites (N-methyl/N-ethyl adjacent to an activating group) is 1. The van der Waals surface area contributed by atoms with Gasteiger partial charge in [-0.1, -0.05) is 0 Å². The van der Waals surface area contributed by atoms with E-state index in [1.807, 2.05) is 7.05 Å². The third-order valence-corrected chi connectivity index (χ3v) is 4.09. The van der Waals surface area contributed by atoms with Gasteiger partial charge in [0.2, 0.25) is 0 Å². The lowest BCUT2D eigenvalue weighted by molar-refractivity contribution is 0.191. The van der Waals surface area contributed by atoms with Crippen molar-refractivity contribution in [2.24, 2.45) is 0 Å². The molecule has 0 aliphatic carbocycles. The largest absolute Gasteiger partial charge is 0.493 e. The Morgan fingerprint density at radius 2 is 1.75 bits per heavy atom. The number of nitrogens with one attached hydrogen (secondary N) is 1. The van der Waals surface area contributed by atoms with Crippen molar-refractivity contribution >= 4 is 0 Å². The van der Waals surface area contributed by atoms with E-state index in [0.29, 0.717) is 0 Å². The van der Waals surface area contributed by atoms with Crippen molar-refractivity contribution in [2.45, 2.75) is 32.4 Å².